The molecular weight excluding hydrogens is 284 g/mol. The lowest BCUT2D eigenvalue weighted by molar-refractivity contribution is 0.285. The molecule has 2 rings (SSSR count). The highest BCUT2D eigenvalue weighted by Gasteiger charge is 2.27. The molecule has 4 nitrogen and oxygen atoms in total. The molecule has 0 heterocycles. The number of nitrogens with one attached hydrogen (secondary N) is 2. The van der Waals surface area contributed by atoms with Crippen LogP contribution in [-0.2, 0) is 10.0 Å². The van der Waals surface area contributed by atoms with Crippen LogP contribution in [-0.4, -0.2) is 21.5 Å². The lowest BCUT2D eigenvalue weighted by atomic mass is 9.83. The van der Waals surface area contributed by atoms with Gasteiger partial charge in [-0.1, -0.05) is 26.2 Å². The Bertz CT molecular complexity index is 534. The summed E-state index contributed by atoms with van der Waals surface area (Å²) in [4.78, 5) is 0.343. The van der Waals surface area contributed by atoms with E-state index in [4.69, 9.17) is 0 Å². The average Bonchev–Trinajstić information content (AvgIpc) is 2.53. The van der Waals surface area contributed by atoms with Crippen LogP contribution in [0.25, 0.3) is 0 Å². The molecule has 1 aromatic rings. The van der Waals surface area contributed by atoms with Crippen LogP contribution in [0.15, 0.2) is 29.2 Å². The Balaban J connectivity index is 2.10. The van der Waals surface area contributed by atoms with E-state index in [9.17, 15) is 8.42 Å². The third-order valence-corrected chi connectivity index (χ3v) is 5.92. The molecule has 1 aromatic carbocycles. The van der Waals surface area contributed by atoms with E-state index in [0.717, 1.165) is 24.9 Å². The molecule has 1 aliphatic carbocycles. The number of hydrogen-bond acceptors (Lipinski definition) is 3. The maximum Gasteiger partial charge on any atom is 0.240 e. The Morgan fingerprint density at radius 1 is 1.14 bits per heavy atom. The molecule has 0 aliphatic heterocycles. The third kappa shape index (κ3) is 4.20. The summed E-state index contributed by atoms with van der Waals surface area (Å²) >= 11 is 0. The molecule has 1 unspecified atom stereocenters. The van der Waals surface area contributed by atoms with Crippen LogP contribution in [0.2, 0.25) is 0 Å². The first-order valence-electron chi connectivity index (χ1n) is 7.87. The van der Waals surface area contributed by atoms with Gasteiger partial charge in [0.2, 0.25) is 10.0 Å². The molecule has 0 spiro atoms. The zero-order chi connectivity index (χ0) is 15.3. The van der Waals surface area contributed by atoms with E-state index < -0.39 is 10.0 Å². The van der Waals surface area contributed by atoms with E-state index in [-0.39, 0.29) is 6.04 Å². The fourth-order valence-corrected chi connectivity index (χ4v) is 4.51. The number of anilines is 1. The molecule has 0 amide bonds. The Morgan fingerprint density at radius 2 is 1.76 bits per heavy atom. The van der Waals surface area contributed by atoms with Gasteiger partial charge in [-0.2, -0.15) is 0 Å². The maximum absolute atomic E-state index is 12.5. The van der Waals surface area contributed by atoms with Gasteiger partial charge in [0.15, 0.2) is 0 Å². The van der Waals surface area contributed by atoms with Crippen molar-refractivity contribution >= 4 is 15.7 Å². The Hall–Kier alpha value is -1.07. The second-order valence-electron chi connectivity index (χ2n) is 5.81. The minimum Gasteiger partial charge on any atom is -0.388 e. The van der Waals surface area contributed by atoms with E-state index in [1.54, 1.807) is 24.3 Å². The highest BCUT2D eigenvalue weighted by molar-refractivity contribution is 7.89. The number of benzene rings is 1. The molecule has 1 atom stereocenters. The summed E-state index contributed by atoms with van der Waals surface area (Å²) in [5.41, 5.74) is 0.910. The fraction of sp³-hybridized carbons (Fsp3) is 0.625. The quantitative estimate of drug-likeness (QED) is 0.847. The van der Waals surface area contributed by atoms with Crippen molar-refractivity contribution in [1.29, 1.82) is 0 Å². The number of sulfonamides is 1. The predicted molar refractivity (Wildman–Crippen MR) is 87.0 cm³/mol. The SMILES string of the molecule is CCC(NS(=O)(=O)c1ccc(NC)cc1)C1CCCCC1. The summed E-state index contributed by atoms with van der Waals surface area (Å²) in [6, 6.07) is 6.94. The Labute approximate surface area is 128 Å². The van der Waals surface area contributed by atoms with Gasteiger partial charge in [0.1, 0.15) is 0 Å². The minimum absolute atomic E-state index is 0.0549. The van der Waals surface area contributed by atoms with Gasteiger partial charge in [0.25, 0.3) is 0 Å². The molecule has 1 fully saturated rings. The number of hydrogen-bond donors (Lipinski definition) is 2. The predicted octanol–water partition coefficient (Wildman–Crippen LogP) is 3.37. The molecular formula is C16H26N2O2S. The van der Waals surface area contributed by atoms with Crippen LogP contribution in [0, 0.1) is 5.92 Å². The first kappa shape index (κ1) is 16.3. The summed E-state index contributed by atoms with van der Waals surface area (Å²) in [6.45, 7) is 2.06. The van der Waals surface area contributed by atoms with Crippen molar-refractivity contribution in [1.82, 2.24) is 4.72 Å². The zero-order valence-electron chi connectivity index (χ0n) is 12.9. The highest BCUT2D eigenvalue weighted by Crippen LogP contribution is 2.28. The number of rotatable bonds is 6. The lowest BCUT2D eigenvalue weighted by Gasteiger charge is -2.30. The van der Waals surface area contributed by atoms with Gasteiger partial charge in [0, 0.05) is 18.8 Å². The summed E-state index contributed by atoms with van der Waals surface area (Å²) in [5, 5.41) is 2.99. The van der Waals surface area contributed by atoms with E-state index in [1.807, 2.05) is 7.05 Å². The topological polar surface area (TPSA) is 58.2 Å². The van der Waals surface area contributed by atoms with Crippen LogP contribution in [0.5, 0.6) is 0 Å². The summed E-state index contributed by atoms with van der Waals surface area (Å²) in [6.07, 6.45) is 6.85. The summed E-state index contributed by atoms with van der Waals surface area (Å²) < 4.78 is 27.9. The molecule has 5 heteroatoms. The Kier molecular flexibility index (Phi) is 5.65. The largest absolute Gasteiger partial charge is 0.388 e. The molecule has 0 saturated heterocycles. The molecule has 0 bridgehead atoms. The molecule has 0 radical (unpaired) electrons. The van der Waals surface area contributed by atoms with Crippen molar-refractivity contribution < 1.29 is 8.42 Å². The van der Waals surface area contributed by atoms with Gasteiger partial charge < -0.3 is 5.32 Å². The molecule has 1 saturated carbocycles. The van der Waals surface area contributed by atoms with E-state index in [0.29, 0.717) is 10.8 Å². The normalized spacial score (nSPS) is 18.4. The maximum atomic E-state index is 12.5. The van der Waals surface area contributed by atoms with Gasteiger partial charge in [-0.3, -0.25) is 0 Å². The molecule has 21 heavy (non-hydrogen) atoms. The third-order valence-electron chi connectivity index (χ3n) is 4.42. The van der Waals surface area contributed by atoms with Crippen molar-refractivity contribution in [3.63, 3.8) is 0 Å². The fourth-order valence-electron chi connectivity index (χ4n) is 3.12. The Morgan fingerprint density at radius 3 is 2.29 bits per heavy atom. The van der Waals surface area contributed by atoms with Crippen molar-refractivity contribution in [3.05, 3.63) is 24.3 Å². The molecule has 2 N–H and O–H groups in total. The van der Waals surface area contributed by atoms with Crippen LogP contribution in [0.3, 0.4) is 0 Å². The van der Waals surface area contributed by atoms with Crippen molar-refractivity contribution in [2.45, 2.75) is 56.4 Å². The molecule has 118 valence electrons. The highest BCUT2D eigenvalue weighted by atomic mass is 32.2. The van der Waals surface area contributed by atoms with Gasteiger partial charge in [-0.05, 0) is 49.4 Å². The monoisotopic (exact) mass is 310 g/mol. The van der Waals surface area contributed by atoms with Crippen molar-refractivity contribution in [2.75, 3.05) is 12.4 Å². The van der Waals surface area contributed by atoms with Crippen LogP contribution < -0.4 is 10.0 Å². The smallest absolute Gasteiger partial charge is 0.240 e. The molecule has 1 aliphatic rings. The first-order valence-corrected chi connectivity index (χ1v) is 9.35. The first-order chi connectivity index (χ1) is 10.1. The molecule has 0 aromatic heterocycles. The average molecular weight is 310 g/mol. The van der Waals surface area contributed by atoms with Gasteiger partial charge in [0.05, 0.1) is 4.90 Å². The van der Waals surface area contributed by atoms with Crippen LogP contribution >= 0.6 is 0 Å². The van der Waals surface area contributed by atoms with Crippen molar-refractivity contribution in [2.24, 2.45) is 5.92 Å². The van der Waals surface area contributed by atoms with Crippen molar-refractivity contribution in [3.8, 4) is 0 Å². The summed E-state index contributed by atoms with van der Waals surface area (Å²) in [5.74, 6) is 0.482. The van der Waals surface area contributed by atoms with E-state index in [1.165, 1.54) is 19.3 Å². The minimum atomic E-state index is -3.42. The van der Waals surface area contributed by atoms with Crippen LogP contribution in [0.1, 0.15) is 45.4 Å². The second kappa shape index (κ2) is 7.27. The van der Waals surface area contributed by atoms with E-state index >= 15 is 0 Å². The lowest BCUT2D eigenvalue weighted by Crippen LogP contribution is -2.40. The second-order valence-corrected chi connectivity index (χ2v) is 7.52. The summed E-state index contributed by atoms with van der Waals surface area (Å²) in [7, 11) is -1.61. The standard InChI is InChI=1S/C16H26N2O2S/c1-3-16(13-7-5-4-6-8-13)18-21(19,20)15-11-9-14(17-2)10-12-15/h9-13,16-18H,3-8H2,1-2H3. The van der Waals surface area contributed by atoms with Gasteiger partial charge >= 0.3 is 0 Å². The zero-order valence-corrected chi connectivity index (χ0v) is 13.7. The van der Waals surface area contributed by atoms with Gasteiger partial charge in [-0.15, -0.1) is 0 Å². The van der Waals surface area contributed by atoms with E-state index in [2.05, 4.69) is 17.0 Å². The van der Waals surface area contributed by atoms with Gasteiger partial charge in [-0.25, -0.2) is 13.1 Å². The van der Waals surface area contributed by atoms with Crippen LogP contribution in [0.4, 0.5) is 5.69 Å².